The molecule has 30 heavy (non-hydrogen) atoms. The molecule has 7 nitrogen and oxygen atoms in total. The lowest BCUT2D eigenvalue weighted by molar-refractivity contribution is -0.134. The maximum atomic E-state index is 13.4. The van der Waals surface area contributed by atoms with Gasteiger partial charge in [0.1, 0.15) is 11.3 Å². The summed E-state index contributed by atoms with van der Waals surface area (Å²) in [5.41, 5.74) is 10.5. The molecule has 0 unspecified atom stereocenters. The smallest absolute Gasteiger partial charge is 0.272 e. The van der Waals surface area contributed by atoms with Crippen LogP contribution in [0.1, 0.15) is 31.1 Å². The predicted octanol–water partition coefficient (Wildman–Crippen LogP) is 3.73. The lowest BCUT2D eigenvalue weighted by Crippen LogP contribution is -2.55. The number of nitrogens with two attached hydrogens (primary N) is 1. The third-order valence-electron chi connectivity index (χ3n) is 6.23. The van der Waals surface area contributed by atoms with Crippen molar-refractivity contribution in [3.05, 3.63) is 36.3 Å². The molecule has 4 aromatic rings. The molecule has 1 saturated carbocycles. The van der Waals surface area contributed by atoms with Gasteiger partial charge in [0.15, 0.2) is 5.82 Å². The highest BCUT2D eigenvalue weighted by Crippen LogP contribution is 2.40. The molecule has 3 N–H and O–H groups in total. The van der Waals surface area contributed by atoms with E-state index in [0.29, 0.717) is 23.9 Å². The highest BCUT2D eigenvalue weighted by molar-refractivity contribution is 6.07. The van der Waals surface area contributed by atoms with E-state index in [-0.39, 0.29) is 13.1 Å². The first-order valence-corrected chi connectivity index (χ1v) is 10.2. The molecule has 0 radical (unpaired) electrons. The van der Waals surface area contributed by atoms with Crippen molar-refractivity contribution in [2.24, 2.45) is 0 Å². The normalized spacial score (nSPS) is 19.3. The SMILES string of the molecule is Nc1nc2cc(-c3cc[nH]n3)ccc2c2c1nc(CN1CC(F)(F)C1)n2C1CCC1. The summed E-state index contributed by atoms with van der Waals surface area (Å²) in [7, 11) is 0. The lowest BCUT2D eigenvalue weighted by Gasteiger charge is -2.39. The van der Waals surface area contributed by atoms with Gasteiger partial charge in [0.25, 0.3) is 5.92 Å². The summed E-state index contributed by atoms with van der Waals surface area (Å²) >= 11 is 0. The summed E-state index contributed by atoms with van der Waals surface area (Å²) in [5.74, 6) is -1.43. The van der Waals surface area contributed by atoms with Gasteiger partial charge in [-0.1, -0.05) is 6.07 Å². The second kappa shape index (κ2) is 6.21. The Morgan fingerprint density at radius 1 is 1.17 bits per heavy atom. The maximum absolute atomic E-state index is 13.4. The van der Waals surface area contributed by atoms with Gasteiger partial charge in [-0.2, -0.15) is 5.10 Å². The predicted molar refractivity (Wildman–Crippen MR) is 110 cm³/mol. The first kappa shape index (κ1) is 17.8. The topological polar surface area (TPSA) is 88.7 Å². The van der Waals surface area contributed by atoms with Gasteiger partial charge >= 0.3 is 0 Å². The van der Waals surface area contributed by atoms with E-state index in [9.17, 15) is 8.78 Å². The Labute approximate surface area is 170 Å². The number of anilines is 1. The molecule has 154 valence electrons. The number of nitrogen functional groups attached to an aromatic ring is 1. The highest BCUT2D eigenvalue weighted by Gasteiger charge is 2.44. The minimum atomic E-state index is -2.59. The Morgan fingerprint density at radius 3 is 2.67 bits per heavy atom. The minimum absolute atomic E-state index is 0.220. The van der Waals surface area contributed by atoms with Crippen LogP contribution in [0.4, 0.5) is 14.6 Å². The summed E-state index contributed by atoms with van der Waals surface area (Å²) in [6.45, 7) is -0.0438. The molecule has 3 aromatic heterocycles. The first-order chi connectivity index (χ1) is 14.5. The number of benzene rings is 1. The van der Waals surface area contributed by atoms with Crippen LogP contribution in [0, 0.1) is 0 Å². The van der Waals surface area contributed by atoms with Gasteiger partial charge in [0.2, 0.25) is 0 Å². The number of rotatable bonds is 4. The van der Waals surface area contributed by atoms with Crippen molar-refractivity contribution in [2.45, 2.75) is 37.8 Å². The Hall–Kier alpha value is -3.07. The van der Waals surface area contributed by atoms with Crippen molar-refractivity contribution in [3.63, 3.8) is 0 Å². The number of alkyl halides is 2. The van der Waals surface area contributed by atoms with Gasteiger partial charge in [-0.25, -0.2) is 18.7 Å². The third-order valence-corrected chi connectivity index (χ3v) is 6.23. The number of pyridine rings is 1. The zero-order valence-corrected chi connectivity index (χ0v) is 16.3. The molecule has 0 amide bonds. The number of aromatic nitrogens is 5. The number of hydrogen-bond donors (Lipinski definition) is 2. The molecular weight excluding hydrogens is 388 g/mol. The van der Waals surface area contributed by atoms with Gasteiger partial charge < -0.3 is 10.3 Å². The Bertz CT molecular complexity index is 1250. The van der Waals surface area contributed by atoms with Crippen LogP contribution in [-0.4, -0.2) is 48.6 Å². The van der Waals surface area contributed by atoms with E-state index in [1.165, 1.54) is 0 Å². The van der Waals surface area contributed by atoms with E-state index < -0.39 is 5.92 Å². The number of aromatic amines is 1. The van der Waals surface area contributed by atoms with Crippen LogP contribution in [0.25, 0.3) is 33.2 Å². The van der Waals surface area contributed by atoms with Crippen LogP contribution in [0.3, 0.4) is 0 Å². The minimum Gasteiger partial charge on any atom is -0.382 e. The molecule has 9 heteroatoms. The van der Waals surface area contributed by atoms with E-state index in [1.807, 2.05) is 24.3 Å². The Balaban J connectivity index is 1.52. The number of nitrogens with one attached hydrogen (secondary N) is 1. The number of hydrogen-bond acceptors (Lipinski definition) is 5. The van der Waals surface area contributed by atoms with Crippen molar-refractivity contribution in [3.8, 4) is 11.3 Å². The molecule has 1 aliphatic carbocycles. The van der Waals surface area contributed by atoms with E-state index in [1.54, 1.807) is 11.1 Å². The first-order valence-electron chi connectivity index (χ1n) is 10.2. The molecular formula is C21H21F2N7. The van der Waals surface area contributed by atoms with E-state index in [0.717, 1.165) is 52.8 Å². The fraction of sp³-hybridized carbons (Fsp3) is 0.381. The van der Waals surface area contributed by atoms with Crippen LogP contribution in [0.2, 0.25) is 0 Å². The van der Waals surface area contributed by atoms with Crippen molar-refractivity contribution >= 4 is 27.8 Å². The molecule has 1 saturated heterocycles. The second-order valence-electron chi connectivity index (χ2n) is 8.37. The molecule has 1 aliphatic heterocycles. The van der Waals surface area contributed by atoms with Gasteiger partial charge in [0.05, 0.1) is 36.4 Å². The molecule has 0 atom stereocenters. The van der Waals surface area contributed by atoms with Crippen LogP contribution < -0.4 is 5.73 Å². The second-order valence-corrected chi connectivity index (χ2v) is 8.37. The third kappa shape index (κ3) is 2.68. The number of nitrogens with zero attached hydrogens (tertiary/aromatic N) is 5. The Kier molecular flexibility index (Phi) is 3.68. The summed E-state index contributed by atoms with van der Waals surface area (Å²) in [5, 5.41) is 8.04. The van der Waals surface area contributed by atoms with Gasteiger partial charge in [-0.3, -0.25) is 10.00 Å². The fourth-order valence-corrected chi connectivity index (χ4v) is 4.57. The summed E-state index contributed by atoms with van der Waals surface area (Å²) in [6, 6.07) is 8.26. The van der Waals surface area contributed by atoms with Crippen molar-refractivity contribution in [1.82, 2.24) is 29.6 Å². The summed E-state index contributed by atoms with van der Waals surface area (Å²) < 4.78 is 28.9. The van der Waals surface area contributed by atoms with Gasteiger partial charge in [-0.05, 0) is 37.5 Å². The molecule has 2 fully saturated rings. The zero-order chi connectivity index (χ0) is 20.5. The largest absolute Gasteiger partial charge is 0.382 e. The average Bonchev–Trinajstić information content (AvgIpc) is 3.28. The van der Waals surface area contributed by atoms with Crippen LogP contribution in [0.15, 0.2) is 30.5 Å². The van der Waals surface area contributed by atoms with Crippen LogP contribution in [-0.2, 0) is 6.54 Å². The standard InChI is InChI=1S/C21H21F2N7/c22-21(23)10-29(11-21)9-17-27-18-19(30(17)13-2-1-3-13)14-5-4-12(15-6-7-25-28-15)8-16(14)26-20(18)24/h4-8,13H,1-3,9-11H2,(H2,24,26)(H,25,28). The van der Waals surface area contributed by atoms with Gasteiger partial charge in [0, 0.05) is 23.2 Å². The fourth-order valence-electron chi connectivity index (χ4n) is 4.57. The number of H-pyrrole nitrogens is 1. The monoisotopic (exact) mass is 409 g/mol. The average molecular weight is 409 g/mol. The Morgan fingerprint density at radius 2 is 2.00 bits per heavy atom. The van der Waals surface area contributed by atoms with Crippen molar-refractivity contribution < 1.29 is 8.78 Å². The molecule has 2 aliphatic rings. The number of likely N-dealkylation sites (tertiary alicyclic amines) is 1. The molecule has 6 rings (SSSR count). The van der Waals surface area contributed by atoms with Crippen molar-refractivity contribution in [2.75, 3.05) is 18.8 Å². The lowest BCUT2D eigenvalue weighted by atomic mass is 9.92. The number of fused-ring (bicyclic) bond motifs is 3. The molecule has 4 heterocycles. The molecule has 0 spiro atoms. The summed E-state index contributed by atoms with van der Waals surface area (Å²) in [6.07, 6.45) is 5.06. The van der Waals surface area contributed by atoms with Gasteiger partial charge in [-0.15, -0.1) is 0 Å². The van der Waals surface area contributed by atoms with Crippen molar-refractivity contribution in [1.29, 1.82) is 0 Å². The number of halogens is 2. The van der Waals surface area contributed by atoms with E-state index >= 15 is 0 Å². The number of imidazole rings is 1. The summed E-state index contributed by atoms with van der Waals surface area (Å²) in [4.78, 5) is 11.1. The maximum Gasteiger partial charge on any atom is 0.272 e. The quantitative estimate of drug-likeness (QED) is 0.536. The van der Waals surface area contributed by atoms with Crippen LogP contribution in [0.5, 0.6) is 0 Å². The molecule has 0 bridgehead atoms. The van der Waals surface area contributed by atoms with E-state index in [2.05, 4.69) is 19.7 Å². The van der Waals surface area contributed by atoms with E-state index in [4.69, 9.17) is 10.7 Å². The molecule has 1 aromatic carbocycles. The zero-order valence-electron chi connectivity index (χ0n) is 16.3. The van der Waals surface area contributed by atoms with Crippen LogP contribution >= 0.6 is 0 Å². The highest BCUT2D eigenvalue weighted by atomic mass is 19.3.